The van der Waals surface area contributed by atoms with Gasteiger partial charge in [0.15, 0.2) is 0 Å². The summed E-state index contributed by atoms with van der Waals surface area (Å²) < 4.78 is 1.28. The molecule has 2 aliphatic rings. The van der Waals surface area contributed by atoms with E-state index in [-0.39, 0.29) is 12.1 Å². The lowest BCUT2D eigenvalue weighted by atomic mass is 9.86. The van der Waals surface area contributed by atoms with Gasteiger partial charge in [-0.05, 0) is 37.7 Å². The zero-order valence-corrected chi connectivity index (χ0v) is 12.0. The highest BCUT2D eigenvalue weighted by molar-refractivity contribution is 5.49. The first kappa shape index (κ1) is 13.3. The van der Waals surface area contributed by atoms with Crippen molar-refractivity contribution in [3.8, 4) is 0 Å². The van der Waals surface area contributed by atoms with E-state index in [4.69, 9.17) is 0 Å². The lowest BCUT2D eigenvalue weighted by Crippen LogP contribution is -2.31. The molecule has 0 N–H and O–H groups in total. The van der Waals surface area contributed by atoms with Gasteiger partial charge in [0.2, 0.25) is 0 Å². The molecule has 1 spiro atoms. The zero-order chi connectivity index (χ0) is 14.2. The molecule has 0 amide bonds. The Morgan fingerprint density at radius 3 is 2.80 bits per heavy atom. The van der Waals surface area contributed by atoms with Crippen molar-refractivity contribution in [3.63, 3.8) is 0 Å². The third-order valence-electron chi connectivity index (χ3n) is 4.81. The molecule has 2 fully saturated rings. The van der Waals surface area contributed by atoms with Crippen LogP contribution < -0.4 is 10.5 Å². The number of aromatic nitrogens is 2. The van der Waals surface area contributed by atoms with E-state index in [2.05, 4.69) is 10.00 Å². The minimum Gasteiger partial charge on any atom is -0.355 e. The highest BCUT2D eigenvalue weighted by Gasteiger charge is 2.40. The zero-order valence-electron chi connectivity index (χ0n) is 12.0. The fraction of sp³-hybridized carbons (Fsp3) is 0.667. The van der Waals surface area contributed by atoms with Crippen LogP contribution >= 0.6 is 0 Å². The Morgan fingerprint density at radius 1 is 1.35 bits per heavy atom. The van der Waals surface area contributed by atoms with E-state index < -0.39 is 0 Å². The topological polar surface area (TPSA) is 55.2 Å². The van der Waals surface area contributed by atoms with E-state index in [1.807, 2.05) is 6.07 Å². The fourth-order valence-corrected chi connectivity index (χ4v) is 3.67. The molecule has 1 aliphatic heterocycles. The van der Waals surface area contributed by atoms with Gasteiger partial charge in [0.1, 0.15) is 18.6 Å². The summed E-state index contributed by atoms with van der Waals surface area (Å²) in [6.07, 6.45) is 7.25. The molecule has 1 aromatic heterocycles. The molecule has 0 bridgehead atoms. The maximum absolute atomic E-state index is 11.9. The number of hydrogen-bond donors (Lipinski definition) is 0. The van der Waals surface area contributed by atoms with Crippen molar-refractivity contribution in [1.29, 1.82) is 0 Å². The van der Waals surface area contributed by atoms with Crippen molar-refractivity contribution < 1.29 is 4.79 Å². The Balaban J connectivity index is 1.87. The maximum Gasteiger partial charge on any atom is 0.270 e. The van der Waals surface area contributed by atoms with E-state index in [0.29, 0.717) is 11.0 Å². The Morgan fingerprint density at radius 2 is 2.10 bits per heavy atom. The van der Waals surface area contributed by atoms with Crippen LogP contribution in [0.1, 0.15) is 37.7 Å². The molecule has 0 atom stereocenters. The smallest absolute Gasteiger partial charge is 0.270 e. The molecule has 1 aromatic rings. The first-order chi connectivity index (χ1) is 9.63. The number of nitrogens with zero attached hydrogens (tertiary/aromatic N) is 3. The summed E-state index contributed by atoms with van der Waals surface area (Å²) in [6.45, 7) is 3.87. The van der Waals surface area contributed by atoms with E-state index in [9.17, 15) is 9.59 Å². The Bertz CT molecular complexity index is 573. The molecule has 1 aliphatic carbocycles. The van der Waals surface area contributed by atoms with Gasteiger partial charge in [-0.25, -0.2) is 4.68 Å². The Hall–Kier alpha value is -1.65. The van der Waals surface area contributed by atoms with Crippen molar-refractivity contribution in [2.75, 3.05) is 18.0 Å². The van der Waals surface area contributed by atoms with Gasteiger partial charge in [0.25, 0.3) is 5.56 Å². The van der Waals surface area contributed by atoms with E-state index >= 15 is 0 Å². The van der Waals surface area contributed by atoms with Crippen molar-refractivity contribution >= 4 is 12.1 Å². The number of rotatable bonds is 3. The molecular weight excluding hydrogens is 254 g/mol. The lowest BCUT2D eigenvalue weighted by Gasteiger charge is -2.24. The van der Waals surface area contributed by atoms with Gasteiger partial charge in [-0.15, -0.1) is 0 Å². The van der Waals surface area contributed by atoms with Crippen LogP contribution in [0.5, 0.6) is 0 Å². The van der Waals surface area contributed by atoms with Gasteiger partial charge in [0, 0.05) is 18.7 Å². The van der Waals surface area contributed by atoms with Crippen molar-refractivity contribution in [2.45, 2.75) is 45.6 Å². The van der Waals surface area contributed by atoms with Gasteiger partial charge >= 0.3 is 0 Å². The van der Waals surface area contributed by atoms with Crippen LogP contribution in [0.25, 0.3) is 0 Å². The minimum absolute atomic E-state index is 0.0342. The highest BCUT2D eigenvalue weighted by atomic mass is 16.1. The minimum atomic E-state index is -0.171. The van der Waals surface area contributed by atoms with E-state index in [1.165, 1.54) is 36.8 Å². The molecule has 108 valence electrons. The first-order valence-electron chi connectivity index (χ1n) is 7.41. The number of aryl methyl sites for hydroxylation is 1. The van der Waals surface area contributed by atoms with Gasteiger partial charge < -0.3 is 9.69 Å². The van der Waals surface area contributed by atoms with Crippen LogP contribution in [0.15, 0.2) is 10.9 Å². The van der Waals surface area contributed by atoms with Crippen LogP contribution in [-0.2, 0) is 11.3 Å². The van der Waals surface area contributed by atoms with Crippen LogP contribution in [0.2, 0.25) is 0 Å². The summed E-state index contributed by atoms with van der Waals surface area (Å²) in [7, 11) is 0. The largest absolute Gasteiger partial charge is 0.355 e. The molecule has 2 heterocycles. The normalized spacial score (nSPS) is 20.8. The number of aldehydes is 1. The summed E-state index contributed by atoms with van der Waals surface area (Å²) in [6, 6.07) is 1.86. The standard InChI is InChI=1S/C15H21N3O2/c1-12-10-13(16-18(8-9-19)14(12)20)17-7-6-15(11-17)4-2-3-5-15/h9-10H,2-8,11H2,1H3. The summed E-state index contributed by atoms with van der Waals surface area (Å²) in [5, 5.41) is 4.36. The average molecular weight is 275 g/mol. The summed E-state index contributed by atoms with van der Waals surface area (Å²) >= 11 is 0. The van der Waals surface area contributed by atoms with Crippen LogP contribution in [0.4, 0.5) is 5.82 Å². The van der Waals surface area contributed by atoms with E-state index in [1.54, 1.807) is 6.92 Å². The van der Waals surface area contributed by atoms with Crippen LogP contribution in [0, 0.1) is 12.3 Å². The quantitative estimate of drug-likeness (QED) is 0.785. The molecule has 0 aromatic carbocycles. The molecule has 20 heavy (non-hydrogen) atoms. The molecule has 5 nitrogen and oxygen atoms in total. The number of carbonyl (C=O) groups is 1. The SMILES string of the molecule is Cc1cc(N2CCC3(CCCC3)C2)nn(CC=O)c1=O. The van der Waals surface area contributed by atoms with Gasteiger partial charge in [-0.1, -0.05) is 12.8 Å². The maximum atomic E-state index is 11.9. The summed E-state index contributed by atoms with van der Waals surface area (Å²) in [4.78, 5) is 24.8. The Labute approximate surface area is 118 Å². The van der Waals surface area contributed by atoms with Crippen LogP contribution in [0.3, 0.4) is 0 Å². The van der Waals surface area contributed by atoms with Crippen LogP contribution in [-0.4, -0.2) is 29.2 Å². The molecule has 0 radical (unpaired) electrons. The molecular formula is C15H21N3O2. The lowest BCUT2D eigenvalue weighted by molar-refractivity contribution is -0.108. The predicted molar refractivity (Wildman–Crippen MR) is 77.0 cm³/mol. The van der Waals surface area contributed by atoms with Crippen molar-refractivity contribution in [1.82, 2.24) is 9.78 Å². The monoisotopic (exact) mass is 275 g/mol. The summed E-state index contributed by atoms with van der Waals surface area (Å²) in [5.41, 5.74) is 0.959. The first-order valence-corrected chi connectivity index (χ1v) is 7.41. The molecule has 1 saturated heterocycles. The third kappa shape index (κ3) is 2.25. The number of carbonyl (C=O) groups excluding carboxylic acids is 1. The molecule has 0 unspecified atom stereocenters. The van der Waals surface area contributed by atoms with E-state index in [0.717, 1.165) is 25.2 Å². The van der Waals surface area contributed by atoms with Gasteiger partial charge in [0.05, 0.1) is 0 Å². The third-order valence-corrected chi connectivity index (χ3v) is 4.81. The second-order valence-corrected chi connectivity index (χ2v) is 6.22. The summed E-state index contributed by atoms with van der Waals surface area (Å²) in [5.74, 6) is 0.840. The average Bonchev–Trinajstić information content (AvgIpc) is 3.06. The number of hydrogen-bond acceptors (Lipinski definition) is 4. The second kappa shape index (κ2) is 5.04. The second-order valence-electron chi connectivity index (χ2n) is 6.22. The molecule has 1 saturated carbocycles. The van der Waals surface area contributed by atoms with Crippen molar-refractivity contribution in [3.05, 3.63) is 22.0 Å². The number of anilines is 1. The molecule has 3 rings (SSSR count). The Kier molecular flexibility index (Phi) is 3.36. The van der Waals surface area contributed by atoms with Crippen molar-refractivity contribution in [2.24, 2.45) is 5.41 Å². The molecule has 5 heteroatoms. The van der Waals surface area contributed by atoms with Gasteiger partial charge in [-0.2, -0.15) is 5.10 Å². The fourth-order valence-electron chi connectivity index (χ4n) is 3.67. The van der Waals surface area contributed by atoms with Gasteiger partial charge in [-0.3, -0.25) is 4.79 Å². The highest BCUT2D eigenvalue weighted by Crippen LogP contribution is 2.45. The predicted octanol–water partition coefficient (Wildman–Crippen LogP) is 1.52.